The Balaban J connectivity index is 1.74. The molecule has 2 bridgehead atoms. The van der Waals surface area contributed by atoms with Gasteiger partial charge in [0.05, 0.1) is 0 Å². The lowest BCUT2D eigenvalue weighted by Crippen LogP contribution is -2.65. The van der Waals surface area contributed by atoms with Crippen molar-refractivity contribution < 1.29 is 12.9 Å². The summed E-state index contributed by atoms with van der Waals surface area (Å²) >= 11 is 0. The molecule has 12 heavy (non-hydrogen) atoms. The van der Waals surface area contributed by atoms with Crippen molar-refractivity contribution >= 4 is 6.98 Å². The monoisotopic (exact) mass is 175 g/mol. The van der Waals surface area contributed by atoms with E-state index in [2.05, 4.69) is 0 Å². The van der Waals surface area contributed by atoms with Gasteiger partial charge in [-0.05, 0) is 24.2 Å². The van der Waals surface area contributed by atoms with Crippen molar-refractivity contribution in [3.63, 3.8) is 0 Å². The van der Waals surface area contributed by atoms with Crippen molar-refractivity contribution in [3.8, 4) is 0 Å². The van der Waals surface area contributed by atoms with Gasteiger partial charge >= 0.3 is 6.98 Å². The van der Waals surface area contributed by atoms with E-state index in [1.54, 1.807) is 0 Å². The van der Waals surface area contributed by atoms with Crippen molar-refractivity contribution in [1.29, 1.82) is 0 Å². The highest BCUT2D eigenvalue weighted by Gasteiger charge is 2.76. The van der Waals surface area contributed by atoms with Crippen molar-refractivity contribution in [2.24, 2.45) is 11.3 Å². The maximum Gasteiger partial charge on any atom is 0.484 e. The molecule has 0 nitrogen and oxygen atoms in total. The van der Waals surface area contributed by atoms with Crippen LogP contribution in [0.5, 0.6) is 0 Å². The molecule has 68 valence electrons. The predicted molar refractivity (Wildman–Crippen MR) is 40.8 cm³/mol. The van der Waals surface area contributed by atoms with E-state index in [9.17, 15) is 12.9 Å². The first-order valence-corrected chi connectivity index (χ1v) is 4.67. The van der Waals surface area contributed by atoms with Crippen LogP contribution in [0.3, 0.4) is 0 Å². The van der Waals surface area contributed by atoms with Gasteiger partial charge in [0.1, 0.15) is 0 Å². The molecule has 4 aliphatic carbocycles. The standard InChI is InChI=1S/C8H11BF3/c10-9(11,12)8-3-7(4-8,5-8)6-1-2-6/h6H,1-5H2/q-1. The van der Waals surface area contributed by atoms with Crippen LogP contribution in [-0.4, -0.2) is 6.98 Å². The van der Waals surface area contributed by atoms with E-state index >= 15 is 0 Å². The maximum atomic E-state index is 12.4. The summed E-state index contributed by atoms with van der Waals surface area (Å²) in [6.07, 6.45) is 3.83. The van der Waals surface area contributed by atoms with Gasteiger partial charge in [0.25, 0.3) is 0 Å². The second-order valence-corrected chi connectivity index (χ2v) is 5.10. The van der Waals surface area contributed by atoms with Crippen LogP contribution in [0, 0.1) is 11.3 Å². The Morgan fingerprint density at radius 1 is 1.00 bits per heavy atom. The largest absolute Gasteiger partial charge is 0.484 e. The molecule has 0 radical (unpaired) electrons. The topological polar surface area (TPSA) is 0 Å². The molecule has 0 spiro atoms. The zero-order valence-electron chi connectivity index (χ0n) is 6.82. The smallest absolute Gasteiger partial charge is 0.449 e. The molecule has 0 saturated heterocycles. The molecule has 0 aromatic rings. The summed E-state index contributed by atoms with van der Waals surface area (Å²) in [5.74, 6) is 0.678. The zero-order valence-corrected chi connectivity index (χ0v) is 6.82. The van der Waals surface area contributed by atoms with E-state index in [1.807, 2.05) is 0 Å². The molecule has 0 heterocycles. The molecule has 4 fully saturated rings. The van der Waals surface area contributed by atoms with E-state index in [0.717, 1.165) is 0 Å². The number of hydrogen-bond acceptors (Lipinski definition) is 0. The molecule has 4 heteroatoms. The third kappa shape index (κ3) is 0.601. The van der Waals surface area contributed by atoms with E-state index in [1.165, 1.54) is 12.8 Å². The van der Waals surface area contributed by atoms with Gasteiger partial charge in [0.15, 0.2) is 0 Å². The average Bonchev–Trinajstić information content (AvgIpc) is 2.33. The molecule has 4 rings (SSSR count). The fraction of sp³-hybridized carbons (Fsp3) is 1.00. The summed E-state index contributed by atoms with van der Waals surface area (Å²) in [6.45, 7) is -4.54. The molecule has 4 aliphatic rings. The minimum atomic E-state index is -4.54. The lowest BCUT2D eigenvalue weighted by molar-refractivity contribution is -0.130. The SMILES string of the molecule is F[B-](F)(F)C12CC(C3CC3)(C1)C2. The highest BCUT2D eigenvalue weighted by molar-refractivity contribution is 6.63. The van der Waals surface area contributed by atoms with Gasteiger partial charge in [-0.15, -0.1) is 0 Å². The van der Waals surface area contributed by atoms with E-state index in [0.29, 0.717) is 25.2 Å². The van der Waals surface area contributed by atoms with Crippen LogP contribution >= 0.6 is 0 Å². The molecule has 0 atom stereocenters. The summed E-state index contributed by atoms with van der Waals surface area (Å²) in [4.78, 5) is 0. The van der Waals surface area contributed by atoms with Gasteiger partial charge in [-0.25, -0.2) is 0 Å². The molecule has 0 N–H and O–H groups in total. The van der Waals surface area contributed by atoms with Crippen LogP contribution in [0.4, 0.5) is 12.9 Å². The highest BCUT2D eigenvalue weighted by atomic mass is 19.4. The molecule has 0 amide bonds. The average molecular weight is 175 g/mol. The Kier molecular flexibility index (Phi) is 0.956. The summed E-state index contributed by atoms with van der Waals surface area (Å²) in [5.41, 5.74) is 0.192. The van der Waals surface area contributed by atoms with Gasteiger partial charge in [-0.3, -0.25) is 0 Å². The molecule has 0 unspecified atom stereocenters. The van der Waals surface area contributed by atoms with Crippen molar-refractivity contribution in [2.45, 2.75) is 37.4 Å². The second-order valence-electron chi connectivity index (χ2n) is 5.10. The first kappa shape index (κ1) is 7.28. The van der Waals surface area contributed by atoms with Crippen LogP contribution in [0.25, 0.3) is 0 Å². The van der Waals surface area contributed by atoms with Gasteiger partial charge < -0.3 is 12.9 Å². The lowest BCUT2D eigenvalue weighted by Gasteiger charge is -2.76. The number of halogens is 3. The first-order valence-electron chi connectivity index (χ1n) is 4.67. The Labute approximate surface area is 69.6 Å². The van der Waals surface area contributed by atoms with E-state index in [4.69, 9.17) is 0 Å². The summed E-state index contributed by atoms with van der Waals surface area (Å²) in [5, 5.41) is -1.15. The minimum Gasteiger partial charge on any atom is -0.449 e. The third-order valence-corrected chi connectivity index (χ3v) is 4.25. The normalized spacial score (nSPS) is 51.2. The van der Waals surface area contributed by atoms with Crippen LogP contribution in [0.2, 0.25) is 5.31 Å². The Morgan fingerprint density at radius 3 is 1.83 bits per heavy atom. The molecular weight excluding hydrogens is 164 g/mol. The minimum absolute atomic E-state index is 0.192. The van der Waals surface area contributed by atoms with Gasteiger partial charge in [-0.1, -0.05) is 24.6 Å². The maximum absolute atomic E-state index is 12.4. The summed E-state index contributed by atoms with van der Waals surface area (Å²) in [6, 6.07) is 0. The van der Waals surface area contributed by atoms with Crippen molar-refractivity contribution in [3.05, 3.63) is 0 Å². The molecule has 0 aromatic heterocycles. The highest BCUT2D eigenvalue weighted by Crippen LogP contribution is 2.87. The van der Waals surface area contributed by atoms with E-state index < -0.39 is 12.3 Å². The second kappa shape index (κ2) is 1.58. The summed E-state index contributed by atoms with van der Waals surface area (Å²) in [7, 11) is 0. The van der Waals surface area contributed by atoms with E-state index in [-0.39, 0.29) is 5.41 Å². The first-order chi connectivity index (χ1) is 5.48. The molecule has 0 aliphatic heterocycles. The molecular formula is C8H11BF3-. The van der Waals surface area contributed by atoms with Crippen LogP contribution < -0.4 is 0 Å². The third-order valence-electron chi connectivity index (χ3n) is 4.25. The zero-order chi connectivity index (χ0) is 8.61. The van der Waals surface area contributed by atoms with Crippen molar-refractivity contribution in [2.75, 3.05) is 0 Å². The van der Waals surface area contributed by atoms with Crippen LogP contribution in [-0.2, 0) is 0 Å². The molecule has 0 aromatic carbocycles. The fourth-order valence-electron chi connectivity index (χ4n) is 3.42. The quantitative estimate of drug-likeness (QED) is 0.565. The Morgan fingerprint density at radius 2 is 1.50 bits per heavy atom. The summed E-state index contributed by atoms with van der Waals surface area (Å²) < 4.78 is 37.3. The fourth-order valence-corrected chi connectivity index (χ4v) is 3.42. The van der Waals surface area contributed by atoms with Crippen LogP contribution in [0.15, 0.2) is 0 Å². The number of hydrogen-bond donors (Lipinski definition) is 0. The van der Waals surface area contributed by atoms with Gasteiger partial charge in [0.2, 0.25) is 0 Å². The Bertz CT molecular complexity index is 221. The van der Waals surface area contributed by atoms with Gasteiger partial charge in [-0.2, -0.15) is 0 Å². The Hall–Kier alpha value is -0.145. The predicted octanol–water partition coefficient (Wildman–Crippen LogP) is 3.17. The lowest BCUT2D eigenvalue weighted by atomic mass is 9.23. The number of rotatable bonds is 2. The molecule has 4 saturated carbocycles. The van der Waals surface area contributed by atoms with Crippen LogP contribution in [0.1, 0.15) is 32.1 Å². The van der Waals surface area contributed by atoms with Crippen molar-refractivity contribution in [1.82, 2.24) is 0 Å². The van der Waals surface area contributed by atoms with Gasteiger partial charge in [0, 0.05) is 0 Å².